The highest BCUT2D eigenvalue weighted by molar-refractivity contribution is 5.90. The van der Waals surface area contributed by atoms with Crippen LogP contribution in [0.3, 0.4) is 0 Å². The highest BCUT2D eigenvalue weighted by atomic mass is 16.3. The van der Waals surface area contributed by atoms with Crippen LogP contribution in [0.4, 0.5) is 0 Å². The predicted molar refractivity (Wildman–Crippen MR) is 277 cm³/mol. The van der Waals surface area contributed by atoms with Gasteiger partial charge in [0.2, 0.25) is 0 Å². The zero-order valence-corrected chi connectivity index (χ0v) is 41.9. The third-order valence-corrected chi connectivity index (χ3v) is 19.6. The molecule has 5 aromatic rings. The van der Waals surface area contributed by atoms with Crippen LogP contribution in [0.1, 0.15) is 159 Å². The smallest absolute Gasteiger partial charge is 0.127 e. The molecule has 0 spiro atoms. The van der Waals surface area contributed by atoms with Gasteiger partial charge >= 0.3 is 0 Å². The van der Waals surface area contributed by atoms with Crippen LogP contribution in [0.15, 0.2) is 84.9 Å². The Hall–Kier alpha value is -4.45. The average molecular weight is 906 g/mol. The Morgan fingerprint density at radius 1 is 0.456 bits per heavy atom. The van der Waals surface area contributed by atoms with Crippen LogP contribution in [-0.4, -0.2) is 51.2 Å². The van der Waals surface area contributed by atoms with E-state index in [1.165, 1.54) is 111 Å². The van der Waals surface area contributed by atoms with Crippen LogP contribution in [-0.2, 0) is 21.7 Å². The number of phenolic OH excluding ortho intramolecular Hbond substituents is 2. The second-order valence-corrected chi connectivity index (χ2v) is 26.3. The van der Waals surface area contributed by atoms with Crippen molar-refractivity contribution in [1.29, 1.82) is 0 Å². The van der Waals surface area contributed by atoms with E-state index in [2.05, 4.69) is 136 Å². The zero-order chi connectivity index (χ0) is 46.5. The van der Waals surface area contributed by atoms with E-state index >= 15 is 0 Å². The molecule has 5 nitrogen and oxygen atoms in total. The second-order valence-electron chi connectivity index (χ2n) is 26.3. The van der Waals surface area contributed by atoms with Gasteiger partial charge in [-0.1, -0.05) is 102 Å². The van der Waals surface area contributed by atoms with E-state index in [0.717, 1.165) is 106 Å². The molecule has 0 amide bonds. The third kappa shape index (κ3) is 7.08. The first-order valence-electron chi connectivity index (χ1n) is 27.1. The van der Waals surface area contributed by atoms with E-state index in [1.807, 2.05) is 0 Å². The van der Waals surface area contributed by atoms with Gasteiger partial charge in [-0.2, -0.15) is 0 Å². The molecule has 2 saturated heterocycles. The minimum absolute atomic E-state index is 0.0490. The van der Waals surface area contributed by atoms with E-state index in [9.17, 15) is 10.2 Å². The van der Waals surface area contributed by atoms with Crippen molar-refractivity contribution in [3.05, 3.63) is 113 Å². The number of fused-ring (bicyclic) bond motifs is 2. The van der Waals surface area contributed by atoms with Gasteiger partial charge in [0, 0.05) is 59.6 Å². The lowest BCUT2D eigenvalue weighted by Gasteiger charge is -2.57. The molecule has 10 bridgehead atoms. The first kappa shape index (κ1) is 43.6. The third-order valence-electron chi connectivity index (χ3n) is 19.6. The molecule has 2 atom stereocenters. The normalized spacial score (nSPS) is 33.4. The van der Waals surface area contributed by atoms with Gasteiger partial charge in [0.1, 0.15) is 11.5 Å². The van der Waals surface area contributed by atoms with Gasteiger partial charge in [0.05, 0.1) is 17.6 Å². The molecule has 8 saturated carbocycles. The van der Waals surface area contributed by atoms with E-state index in [-0.39, 0.29) is 27.8 Å². The molecule has 2 unspecified atom stereocenters. The maximum Gasteiger partial charge on any atom is 0.127 e. The molecule has 10 aliphatic rings. The number of benzene rings is 4. The van der Waals surface area contributed by atoms with Crippen molar-refractivity contribution in [2.75, 3.05) is 26.2 Å². The summed E-state index contributed by atoms with van der Waals surface area (Å²) in [6.07, 6.45) is 16.9. The number of nitrogens with zero attached hydrogens (tertiary/aromatic N) is 3. The van der Waals surface area contributed by atoms with E-state index < -0.39 is 0 Å². The Balaban J connectivity index is 0.992. The van der Waals surface area contributed by atoms with Crippen LogP contribution in [0, 0.1) is 35.5 Å². The first-order valence-corrected chi connectivity index (χ1v) is 27.1. The van der Waals surface area contributed by atoms with Crippen molar-refractivity contribution in [3.8, 4) is 56.3 Å². The van der Waals surface area contributed by atoms with Crippen LogP contribution in [0.2, 0.25) is 0 Å². The summed E-state index contributed by atoms with van der Waals surface area (Å²) in [4.78, 5) is 11.1. The quantitative estimate of drug-likeness (QED) is 0.170. The van der Waals surface area contributed by atoms with Crippen molar-refractivity contribution < 1.29 is 10.2 Å². The molecule has 4 aromatic carbocycles. The fourth-order valence-corrected chi connectivity index (χ4v) is 17.2. The fraction of sp³-hybridized carbons (Fsp3) is 0.540. The minimum Gasteiger partial charge on any atom is -0.507 e. The van der Waals surface area contributed by atoms with Crippen molar-refractivity contribution in [2.45, 2.75) is 153 Å². The molecule has 15 rings (SSSR count). The molecule has 68 heavy (non-hydrogen) atoms. The van der Waals surface area contributed by atoms with Crippen LogP contribution >= 0.6 is 0 Å². The number of aromatic hydroxyl groups is 2. The SMILES string of the molecule is CC(C)(C)c1cc(-c2ccccc2-c2cc(C3N4CCCN3CC4)cc(-c3ccccc3-c3cc(C(C)(C)C)cc(C45CC6CC(CC(C6)C4)C5)c3O)n2)c(O)c(C23CC4CC(CC(C4)C2)C3)c1. The Bertz CT molecular complexity index is 2560. The summed E-state index contributed by atoms with van der Waals surface area (Å²) in [5, 5.41) is 25.9. The highest BCUT2D eigenvalue weighted by Gasteiger charge is 2.54. The second kappa shape index (κ2) is 15.5. The van der Waals surface area contributed by atoms with E-state index in [0.29, 0.717) is 11.5 Å². The lowest BCUT2D eigenvalue weighted by atomic mass is 9.47. The molecule has 8 aliphatic carbocycles. The van der Waals surface area contributed by atoms with Crippen molar-refractivity contribution in [2.24, 2.45) is 35.5 Å². The Morgan fingerprint density at radius 3 is 1.16 bits per heavy atom. The van der Waals surface area contributed by atoms with E-state index in [1.54, 1.807) is 0 Å². The minimum atomic E-state index is -0.0853. The summed E-state index contributed by atoms with van der Waals surface area (Å²) < 4.78 is 0. The molecule has 354 valence electrons. The summed E-state index contributed by atoms with van der Waals surface area (Å²) in [5.41, 5.74) is 14.2. The van der Waals surface area contributed by atoms with Gasteiger partial charge in [-0.05, 0) is 193 Å². The van der Waals surface area contributed by atoms with Gasteiger partial charge in [-0.3, -0.25) is 9.80 Å². The lowest BCUT2D eigenvalue weighted by Crippen LogP contribution is -2.48. The van der Waals surface area contributed by atoms with Gasteiger partial charge in [-0.25, -0.2) is 4.98 Å². The number of phenols is 2. The van der Waals surface area contributed by atoms with Crippen molar-refractivity contribution >= 4 is 0 Å². The molecule has 5 heteroatoms. The molecular weight excluding hydrogens is 831 g/mol. The molecule has 3 heterocycles. The summed E-state index contributed by atoms with van der Waals surface area (Å²) >= 11 is 0. The monoisotopic (exact) mass is 906 g/mol. The van der Waals surface area contributed by atoms with Crippen LogP contribution in [0.25, 0.3) is 44.8 Å². The highest BCUT2D eigenvalue weighted by Crippen LogP contribution is 2.65. The maximum absolute atomic E-state index is 12.9. The largest absolute Gasteiger partial charge is 0.507 e. The molecule has 0 radical (unpaired) electrons. The van der Waals surface area contributed by atoms with Gasteiger partial charge in [0.25, 0.3) is 0 Å². The predicted octanol–water partition coefficient (Wildman–Crippen LogP) is 14.7. The summed E-state index contributed by atoms with van der Waals surface area (Å²) in [6.45, 7) is 18.3. The zero-order valence-electron chi connectivity index (χ0n) is 41.9. The lowest BCUT2D eigenvalue weighted by molar-refractivity contribution is -0.00631. The Labute approximate surface area is 406 Å². The summed E-state index contributed by atoms with van der Waals surface area (Å²) in [6, 6.07) is 31.8. The van der Waals surface area contributed by atoms with Gasteiger partial charge < -0.3 is 10.2 Å². The first-order chi connectivity index (χ1) is 32.6. The van der Waals surface area contributed by atoms with E-state index in [4.69, 9.17) is 4.98 Å². The van der Waals surface area contributed by atoms with Crippen molar-refractivity contribution in [3.63, 3.8) is 0 Å². The van der Waals surface area contributed by atoms with Crippen LogP contribution in [0.5, 0.6) is 11.5 Å². The van der Waals surface area contributed by atoms with Gasteiger partial charge in [-0.15, -0.1) is 0 Å². The Kier molecular flexibility index (Phi) is 9.94. The van der Waals surface area contributed by atoms with Crippen molar-refractivity contribution in [1.82, 2.24) is 14.8 Å². The topological polar surface area (TPSA) is 59.8 Å². The molecule has 1 aromatic heterocycles. The summed E-state index contributed by atoms with van der Waals surface area (Å²) in [7, 11) is 0. The van der Waals surface area contributed by atoms with Gasteiger partial charge in [0.15, 0.2) is 0 Å². The molecule has 2 N–H and O–H groups in total. The number of pyridine rings is 1. The maximum atomic E-state index is 12.9. The number of aromatic nitrogens is 1. The van der Waals surface area contributed by atoms with Crippen LogP contribution < -0.4 is 0 Å². The fourth-order valence-electron chi connectivity index (χ4n) is 17.2. The number of hydrogen-bond acceptors (Lipinski definition) is 5. The number of hydrogen-bond donors (Lipinski definition) is 2. The molecule has 10 fully saturated rings. The number of rotatable bonds is 7. The molecular formula is C63H75N3O2. The molecule has 2 aliphatic heterocycles. The standard InChI is InChI=1S/C63H75N3O2/c1-60(2,3)45-28-51(57(67)53(30-45)62-32-38-20-39(33-62)22-40(21-38)34-62)47-12-7-9-14-49(47)55-26-44(59-65-16-11-17-66(59)19-18-65)27-56(64-55)50-15-10-8-13-48(50)52-29-46(61(4,5)6)31-54(58(52)68)63-35-41-23-42(36-63)25-43(24-41)37-63/h7-10,12-15,26-31,38-43,59,67-68H,11,16-25,32-37H2,1-6H3. The Morgan fingerprint density at radius 2 is 0.809 bits per heavy atom. The summed E-state index contributed by atoms with van der Waals surface area (Å²) in [5.74, 6) is 5.67. The average Bonchev–Trinajstić information content (AvgIpc) is 3.54.